The Balaban J connectivity index is 2.10. The number of methoxy groups -OCH3 is 1. The summed E-state index contributed by atoms with van der Waals surface area (Å²) in [7, 11) is 1.67. The first-order valence-electron chi connectivity index (χ1n) is 7.28. The highest BCUT2D eigenvalue weighted by molar-refractivity contribution is 6.30. The van der Waals surface area contributed by atoms with Crippen molar-refractivity contribution in [1.82, 2.24) is 5.32 Å². The van der Waals surface area contributed by atoms with Gasteiger partial charge >= 0.3 is 0 Å². The van der Waals surface area contributed by atoms with Gasteiger partial charge in [0, 0.05) is 12.1 Å². The molecule has 0 amide bonds. The summed E-state index contributed by atoms with van der Waals surface area (Å²) in [5.74, 6) is 1.80. The lowest BCUT2D eigenvalue weighted by Gasteiger charge is -2.16. The number of furan rings is 1. The predicted octanol–water partition coefficient (Wildman–Crippen LogP) is 4.36. The Labute approximate surface area is 131 Å². The van der Waals surface area contributed by atoms with E-state index in [0.717, 1.165) is 35.9 Å². The molecule has 21 heavy (non-hydrogen) atoms. The zero-order valence-corrected chi connectivity index (χ0v) is 13.3. The van der Waals surface area contributed by atoms with E-state index in [2.05, 4.69) is 24.4 Å². The number of benzene rings is 1. The summed E-state index contributed by atoms with van der Waals surface area (Å²) in [6.07, 6.45) is 1.96. The summed E-state index contributed by atoms with van der Waals surface area (Å²) < 4.78 is 11.0. The van der Waals surface area contributed by atoms with E-state index < -0.39 is 0 Å². The quantitative estimate of drug-likeness (QED) is 0.786. The van der Waals surface area contributed by atoms with Crippen LogP contribution in [0.25, 0.3) is 0 Å². The standard InChI is InChI=1S/C17H22ClNO2/c1-3-10-19-16(11-13-4-6-14(18)7-5-13)17-9-8-15(21-17)12-20-2/h4-9,16,19H,3,10-12H2,1-2H3. The minimum atomic E-state index is 0.164. The maximum atomic E-state index is 5.94. The van der Waals surface area contributed by atoms with Crippen molar-refractivity contribution < 1.29 is 9.15 Å². The van der Waals surface area contributed by atoms with E-state index in [1.165, 1.54) is 5.56 Å². The molecule has 0 bridgehead atoms. The predicted molar refractivity (Wildman–Crippen MR) is 85.6 cm³/mol. The largest absolute Gasteiger partial charge is 0.462 e. The van der Waals surface area contributed by atoms with Gasteiger partial charge in [0.2, 0.25) is 0 Å². The number of hydrogen-bond acceptors (Lipinski definition) is 3. The first-order chi connectivity index (χ1) is 10.2. The average molecular weight is 308 g/mol. The molecule has 0 radical (unpaired) electrons. The third-order valence-electron chi connectivity index (χ3n) is 3.31. The van der Waals surface area contributed by atoms with E-state index in [-0.39, 0.29) is 6.04 Å². The molecule has 1 N–H and O–H groups in total. The molecule has 2 rings (SSSR count). The third kappa shape index (κ3) is 4.88. The number of halogens is 1. The SMILES string of the molecule is CCCNC(Cc1ccc(Cl)cc1)c1ccc(COC)o1. The summed E-state index contributed by atoms with van der Waals surface area (Å²) >= 11 is 5.94. The number of rotatable bonds is 8. The van der Waals surface area contributed by atoms with E-state index in [1.54, 1.807) is 7.11 Å². The number of hydrogen-bond donors (Lipinski definition) is 1. The molecule has 0 fully saturated rings. The molecule has 0 saturated heterocycles. The van der Waals surface area contributed by atoms with E-state index in [1.807, 2.05) is 24.3 Å². The highest BCUT2D eigenvalue weighted by atomic mass is 35.5. The van der Waals surface area contributed by atoms with Gasteiger partial charge in [-0.25, -0.2) is 0 Å². The van der Waals surface area contributed by atoms with Crippen LogP contribution in [0.4, 0.5) is 0 Å². The van der Waals surface area contributed by atoms with Crippen LogP contribution in [0.5, 0.6) is 0 Å². The Hall–Kier alpha value is -1.29. The van der Waals surface area contributed by atoms with Crippen molar-refractivity contribution in [3.8, 4) is 0 Å². The molecule has 0 spiro atoms. The molecule has 0 saturated carbocycles. The Morgan fingerprint density at radius 2 is 1.95 bits per heavy atom. The summed E-state index contributed by atoms with van der Waals surface area (Å²) in [6, 6.07) is 12.1. The Kier molecular flexibility index (Phi) is 6.30. The minimum Gasteiger partial charge on any atom is -0.462 e. The molecular weight excluding hydrogens is 286 g/mol. The van der Waals surface area contributed by atoms with Crippen LogP contribution in [0, 0.1) is 0 Å². The van der Waals surface area contributed by atoms with Crippen LogP contribution in [0.15, 0.2) is 40.8 Å². The van der Waals surface area contributed by atoms with Gasteiger partial charge in [-0.3, -0.25) is 0 Å². The fourth-order valence-electron chi connectivity index (χ4n) is 2.25. The zero-order valence-electron chi connectivity index (χ0n) is 12.6. The molecule has 1 aromatic carbocycles. The molecule has 0 aliphatic carbocycles. The second kappa shape index (κ2) is 8.23. The monoisotopic (exact) mass is 307 g/mol. The molecule has 1 heterocycles. The summed E-state index contributed by atoms with van der Waals surface area (Å²) in [6.45, 7) is 3.62. The summed E-state index contributed by atoms with van der Waals surface area (Å²) in [5, 5.41) is 4.30. The van der Waals surface area contributed by atoms with Crippen LogP contribution in [0.2, 0.25) is 5.02 Å². The first kappa shape index (κ1) is 16.1. The van der Waals surface area contributed by atoms with Gasteiger partial charge in [-0.05, 0) is 49.2 Å². The molecule has 4 heteroatoms. The Bertz CT molecular complexity index is 536. The van der Waals surface area contributed by atoms with Crippen LogP contribution in [0.1, 0.15) is 36.5 Å². The molecule has 1 aromatic heterocycles. The van der Waals surface area contributed by atoms with Crippen molar-refractivity contribution in [2.45, 2.75) is 32.4 Å². The molecule has 0 aliphatic heterocycles. The average Bonchev–Trinajstić information content (AvgIpc) is 2.94. The molecule has 1 unspecified atom stereocenters. The van der Waals surface area contributed by atoms with Gasteiger partial charge in [0.25, 0.3) is 0 Å². The van der Waals surface area contributed by atoms with Crippen molar-refractivity contribution >= 4 is 11.6 Å². The maximum absolute atomic E-state index is 5.94. The normalized spacial score (nSPS) is 12.5. The molecule has 2 aromatic rings. The van der Waals surface area contributed by atoms with Crippen LogP contribution in [-0.2, 0) is 17.8 Å². The second-order valence-electron chi connectivity index (χ2n) is 5.07. The molecule has 3 nitrogen and oxygen atoms in total. The van der Waals surface area contributed by atoms with Gasteiger partial charge in [-0.2, -0.15) is 0 Å². The van der Waals surface area contributed by atoms with Crippen molar-refractivity contribution in [3.05, 3.63) is 58.5 Å². The number of ether oxygens (including phenoxy) is 1. The lowest BCUT2D eigenvalue weighted by atomic mass is 10.0. The summed E-state index contributed by atoms with van der Waals surface area (Å²) in [4.78, 5) is 0. The van der Waals surface area contributed by atoms with Crippen LogP contribution < -0.4 is 5.32 Å². The van der Waals surface area contributed by atoms with E-state index in [0.29, 0.717) is 6.61 Å². The van der Waals surface area contributed by atoms with Crippen molar-refractivity contribution in [3.63, 3.8) is 0 Å². The fourth-order valence-corrected chi connectivity index (χ4v) is 2.38. The topological polar surface area (TPSA) is 34.4 Å². The van der Waals surface area contributed by atoms with Gasteiger partial charge in [0.1, 0.15) is 18.1 Å². The van der Waals surface area contributed by atoms with Crippen molar-refractivity contribution in [2.75, 3.05) is 13.7 Å². The summed E-state index contributed by atoms with van der Waals surface area (Å²) in [5.41, 5.74) is 1.23. The van der Waals surface area contributed by atoms with Crippen molar-refractivity contribution in [2.24, 2.45) is 0 Å². The van der Waals surface area contributed by atoms with Crippen molar-refractivity contribution in [1.29, 1.82) is 0 Å². The van der Waals surface area contributed by atoms with E-state index >= 15 is 0 Å². The zero-order chi connectivity index (χ0) is 15.1. The van der Waals surface area contributed by atoms with Crippen LogP contribution >= 0.6 is 11.6 Å². The highest BCUT2D eigenvalue weighted by Crippen LogP contribution is 2.22. The molecular formula is C17H22ClNO2. The fraction of sp³-hybridized carbons (Fsp3) is 0.412. The van der Waals surface area contributed by atoms with Gasteiger partial charge in [0.05, 0.1) is 6.04 Å². The van der Waals surface area contributed by atoms with Crippen LogP contribution in [0.3, 0.4) is 0 Å². The van der Waals surface area contributed by atoms with Gasteiger partial charge in [-0.15, -0.1) is 0 Å². The van der Waals surface area contributed by atoms with Gasteiger partial charge in [0.15, 0.2) is 0 Å². The van der Waals surface area contributed by atoms with E-state index in [9.17, 15) is 0 Å². The Morgan fingerprint density at radius 1 is 1.19 bits per heavy atom. The lowest BCUT2D eigenvalue weighted by molar-refractivity contribution is 0.161. The first-order valence-corrected chi connectivity index (χ1v) is 7.66. The third-order valence-corrected chi connectivity index (χ3v) is 3.56. The molecule has 114 valence electrons. The van der Waals surface area contributed by atoms with Gasteiger partial charge in [-0.1, -0.05) is 30.7 Å². The van der Waals surface area contributed by atoms with Gasteiger partial charge < -0.3 is 14.5 Å². The van der Waals surface area contributed by atoms with E-state index in [4.69, 9.17) is 20.8 Å². The number of nitrogens with one attached hydrogen (secondary N) is 1. The molecule has 0 aliphatic rings. The Morgan fingerprint density at radius 3 is 2.62 bits per heavy atom. The minimum absolute atomic E-state index is 0.164. The smallest absolute Gasteiger partial charge is 0.129 e. The second-order valence-corrected chi connectivity index (χ2v) is 5.51. The molecule has 1 atom stereocenters. The lowest BCUT2D eigenvalue weighted by Crippen LogP contribution is -2.23. The van der Waals surface area contributed by atoms with Crippen LogP contribution in [-0.4, -0.2) is 13.7 Å². The maximum Gasteiger partial charge on any atom is 0.129 e. The highest BCUT2D eigenvalue weighted by Gasteiger charge is 2.15.